The monoisotopic (exact) mass is 265 g/mol. The van der Waals surface area contributed by atoms with E-state index < -0.39 is 0 Å². The molecule has 0 amide bonds. The highest BCUT2D eigenvalue weighted by Crippen LogP contribution is 2.26. The van der Waals surface area contributed by atoms with Crippen molar-refractivity contribution in [2.45, 2.75) is 13.8 Å². The van der Waals surface area contributed by atoms with Crippen LogP contribution >= 0.6 is 0 Å². The van der Waals surface area contributed by atoms with E-state index in [-0.39, 0.29) is 5.43 Å². The summed E-state index contributed by atoms with van der Waals surface area (Å²) in [5.41, 5.74) is 9.85. The normalized spacial score (nSPS) is 10.9. The fourth-order valence-corrected chi connectivity index (χ4v) is 2.44. The molecule has 0 aliphatic rings. The molecule has 0 radical (unpaired) electrons. The molecule has 0 unspecified atom stereocenters. The van der Waals surface area contributed by atoms with Crippen LogP contribution in [-0.4, -0.2) is 0 Å². The maximum Gasteiger partial charge on any atom is 0.193 e. The summed E-state index contributed by atoms with van der Waals surface area (Å²) >= 11 is 0. The molecule has 0 atom stereocenters. The van der Waals surface area contributed by atoms with E-state index in [4.69, 9.17) is 10.2 Å². The minimum atomic E-state index is -0.0320. The fourth-order valence-electron chi connectivity index (χ4n) is 2.44. The second-order valence-corrected chi connectivity index (χ2v) is 5.06. The Balaban J connectivity index is 2.32. The van der Waals surface area contributed by atoms with Gasteiger partial charge in [-0.05, 0) is 43.2 Å². The quantitative estimate of drug-likeness (QED) is 0.683. The Bertz CT molecular complexity index is 862. The Hall–Kier alpha value is -2.55. The molecule has 1 aromatic heterocycles. The molecule has 3 aromatic rings. The maximum absolute atomic E-state index is 12.3. The second kappa shape index (κ2) is 4.53. The Morgan fingerprint density at radius 2 is 1.85 bits per heavy atom. The summed E-state index contributed by atoms with van der Waals surface area (Å²) in [6.07, 6.45) is 0. The van der Waals surface area contributed by atoms with Gasteiger partial charge in [0.1, 0.15) is 11.3 Å². The Labute approximate surface area is 116 Å². The van der Waals surface area contributed by atoms with Crippen LogP contribution < -0.4 is 11.2 Å². The smallest absolute Gasteiger partial charge is 0.193 e. The highest BCUT2D eigenvalue weighted by Gasteiger charge is 2.09. The molecule has 0 spiro atoms. The summed E-state index contributed by atoms with van der Waals surface area (Å²) in [4.78, 5) is 12.3. The second-order valence-electron chi connectivity index (χ2n) is 5.06. The molecule has 3 rings (SSSR count). The first-order chi connectivity index (χ1) is 9.54. The fraction of sp³-hybridized carbons (Fsp3) is 0.118. The van der Waals surface area contributed by atoms with Gasteiger partial charge < -0.3 is 10.2 Å². The van der Waals surface area contributed by atoms with E-state index in [1.165, 1.54) is 6.07 Å². The van der Waals surface area contributed by atoms with Crippen LogP contribution in [0.15, 0.2) is 51.7 Å². The van der Waals surface area contributed by atoms with Gasteiger partial charge in [-0.1, -0.05) is 18.2 Å². The number of nitrogens with two attached hydrogens (primary N) is 1. The Morgan fingerprint density at radius 1 is 1.05 bits per heavy atom. The van der Waals surface area contributed by atoms with E-state index in [2.05, 4.69) is 0 Å². The van der Waals surface area contributed by atoms with Crippen molar-refractivity contribution in [3.05, 3.63) is 63.8 Å². The lowest BCUT2D eigenvalue weighted by atomic mass is 10.1. The summed E-state index contributed by atoms with van der Waals surface area (Å²) in [6.45, 7) is 3.92. The van der Waals surface area contributed by atoms with E-state index in [1.807, 2.05) is 38.1 Å². The van der Waals surface area contributed by atoms with Crippen LogP contribution in [0.2, 0.25) is 0 Å². The number of benzene rings is 2. The molecule has 2 N–H and O–H groups in total. The first-order valence-corrected chi connectivity index (χ1v) is 6.45. The number of hydrogen-bond donors (Lipinski definition) is 1. The molecule has 100 valence electrons. The van der Waals surface area contributed by atoms with Crippen LogP contribution in [0.3, 0.4) is 0 Å². The number of nitrogen functional groups attached to an aromatic ring is 1. The minimum Gasteiger partial charge on any atom is -0.456 e. The van der Waals surface area contributed by atoms with Gasteiger partial charge in [-0.25, -0.2) is 0 Å². The first kappa shape index (κ1) is 12.5. The highest BCUT2D eigenvalue weighted by atomic mass is 16.3. The van der Waals surface area contributed by atoms with Crippen LogP contribution in [0.1, 0.15) is 11.1 Å². The average molecular weight is 265 g/mol. The minimum absolute atomic E-state index is 0.0320. The third-order valence-electron chi connectivity index (χ3n) is 3.33. The number of fused-ring (bicyclic) bond motifs is 1. The third-order valence-corrected chi connectivity index (χ3v) is 3.33. The van der Waals surface area contributed by atoms with Crippen LogP contribution in [-0.2, 0) is 0 Å². The number of rotatable bonds is 1. The van der Waals surface area contributed by atoms with Crippen molar-refractivity contribution in [2.24, 2.45) is 0 Å². The standard InChI is InChI=1S/C17H15NO2/c1-10-6-11(2)17-14(7-10)15(19)9-16(20-17)12-4-3-5-13(18)8-12/h3-9H,18H2,1-2H3. The molecule has 3 heteroatoms. The van der Waals surface area contributed by atoms with Gasteiger partial charge in [-0.3, -0.25) is 4.79 Å². The third kappa shape index (κ3) is 2.07. The lowest BCUT2D eigenvalue weighted by molar-refractivity contribution is 0.616. The molecule has 0 saturated heterocycles. The lowest BCUT2D eigenvalue weighted by Crippen LogP contribution is -2.02. The summed E-state index contributed by atoms with van der Waals surface area (Å²) in [6, 6.07) is 12.7. The molecule has 3 nitrogen and oxygen atoms in total. The van der Waals surface area contributed by atoms with Gasteiger partial charge in [0.15, 0.2) is 5.43 Å². The largest absolute Gasteiger partial charge is 0.456 e. The zero-order valence-corrected chi connectivity index (χ0v) is 11.4. The number of hydrogen-bond acceptors (Lipinski definition) is 3. The van der Waals surface area contributed by atoms with Crippen molar-refractivity contribution in [3.8, 4) is 11.3 Å². The summed E-state index contributed by atoms with van der Waals surface area (Å²) < 4.78 is 5.91. The van der Waals surface area contributed by atoms with Crippen molar-refractivity contribution in [1.29, 1.82) is 0 Å². The SMILES string of the molecule is Cc1cc(C)c2oc(-c3cccc(N)c3)cc(=O)c2c1. The van der Waals surface area contributed by atoms with Gasteiger partial charge in [0, 0.05) is 17.3 Å². The van der Waals surface area contributed by atoms with E-state index >= 15 is 0 Å². The van der Waals surface area contributed by atoms with Gasteiger partial charge in [0.2, 0.25) is 0 Å². The van der Waals surface area contributed by atoms with E-state index in [0.717, 1.165) is 16.7 Å². The zero-order valence-electron chi connectivity index (χ0n) is 11.4. The van der Waals surface area contributed by atoms with Crippen molar-refractivity contribution >= 4 is 16.7 Å². The van der Waals surface area contributed by atoms with Crippen LogP contribution in [0.5, 0.6) is 0 Å². The van der Waals surface area contributed by atoms with Crippen molar-refractivity contribution in [2.75, 3.05) is 5.73 Å². The predicted octanol–water partition coefficient (Wildman–Crippen LogP) is 3.66. The summed E-state index contributed by atoms with van der Waals surface area (Å²) in [7, 11) is 0. The summed E-state index contributed by atoms with van der Waals surface area (Å²) in [5.74, 6) is 0.543. The van der Waals surface area contributed by atoms with Crippen molar-refractivity contribution < 1.29 is 4.42 Å². The van der Waals surface area contributed by atoms with Gasteiger partial charge in [0.25, 0.3) is 0 Å². The van der Waals surface area contributed by atoms with Crippen molar-refractivity contribution in [3.63, 3.8) is 0 Å². The van der Waals surface area contributed by atoms with Crippen LogP contribution in [0.25, 0.3) is 22.3 Å². The van der Waals surface area contributed by atoms with E-state index in [0.29, 0.717) is 22.4 Å². The molecule has 20 heavy (non-hydrogen) atoms. The molecular formula is C17H15NO2. The lowest BCUT2D eigenvalue weighted by Gasteiger charge is -2.07. The van der Waals surface area contributed by atoms with Gasteiger partial charge in [0.05, 0.1) is 5.39 Å². The predicted molar refractivity (Wildman–Crippen MR) is 81.8 cm³/mol. The number of aryl methyl sites for hydroxylation is 2. The van der Waals surface area contributed by atoms with Gasteiger partial charge >= 0.3 is 0 Å². The van der Waals surface area contributed by atoms with Crippen LogP contribution in [0.4, 0.5) is 5.69 Å². The molecule has 0 saturated carbocycles. The first-order valence-electron chi connectivity index (χ1n) is 6.45. The molecule has 0 aliphatic heterocycles. The van der Waals surface area contributed by atoms with Gasteiger partial charge in [-0.15, -0.1) is 0 Å². The van der Waals surface area contributed by atoms with Gasteiger partial charge in [-0.2, -0.15) is 0 Å². The molecule has 2 aromatic carbocycles. The maximum atomic E-state index is 12.3. The topological polar surface area (TPSA) is 56.2 Å². The molecule has 0 fully saturated rings. The Kier molecular flexibility index (Phi) is 2.83. The number of anilines is 1. The Morgan fingerprint density at radius 3 is 2.60 bits per heavy atom. The molecule has 0 bridgehead atoms. The molecule has 1 heterocycles. The average Bonchev–Trinajstić information content (AvgIpc) is 2.39. The molecular weight excluding hydrogens is 250 g/mol. The zero-order chi connectivity index (χ0) is 14.3. The van der Waals surface area contributed by atoms with Crippen LogP contribution in [0, 0.1) is 13.8 Å². The van der Waals surface area contributed by atoms with Crippen molar-refractivity contribution in [1.82, 2.24) is 0 Å². The highest BCUT2D eigenvalue weighted by molar-refractivity contribution is 5.82. The van der Waals surface area contributed by atoms with E-state index in [9.17, 15) is 4.79 Å². The molecule has 0 aliphatic carbocycles. The summed E-state index contributed by atoms with van der Waals surface area (Å²) in [5, 5.41) is 0.621. The van der Waals surface area contributed by atoms with E-state index in [1.54, 1.807) is 12.1 Å².